The van der Waals surface area contributed by atoms with Crippen molar-refractivity contribution in [1.29, 1.82) is 0 Å². The molecule has 2 aliphatic carbocycles. The Morgan fingerprint density at radius 3 is 1.62 bits per heavy atom. The maximum absolute atomic E-state index is 2.41. The SMILES string of the molecule is C[CH](C)[Zr+2]([C]1=CC=CC1)[C]1=CC=CC1.[Cl-].[Cl-]. The molecule has 0 bridgehead atoms. The summed E-state index contributed by atoms with van der Waals surface area (Å²) in [4.78, 5) is 0. The minimum atomic E-state index is -1.43. The first-order valence-electron chi connectivity index (χ1n) is 5.38. The van der Waals surface area contributed by atoms with Crippen LogP contribution >= 0.6 is 0 Å². The van der Waals surface area contributed by atoms with E-state index in [1.807, 2.05) is 0 Å². The Morgan fingerprint density at radius 2 is 1.38 bits per heavy atom. The molecule has 16 heavy (non-hydrogen) atoms. The molecule has 2 aliphatic rings. The van der Waals surface area contributed by atoms with E-state index in [0.717, 1.165) is 3.63 Å². The van der Waals surface area contributed by atoms with Gasteiger partial charge in [0.15, 0.2) is 0 Å². The molecule has 3 heteroatoms. The van der Waals surface area contributed by atoms with Crippen LogP contribution < -0.4 is 24.8 Å². The zero-order chi connectivity index (χ0) is 9.97. The van der Waals surface area contributed by atoms with Gasteiger partial charge in [-0.25, -0.2) is 0 Å². The molecule has 0 heterocycles. The van der Waals surface area contributed by atoms with E-state index in [1.54, 1.807) is 6.56 Å². The predicted molar refractivity (Wildman–Crippen MR) is 58.8 cm³/mol. The Balaban J connectivity index is 0.00000112. The molecular weight excluding hydrogens is 318 g/mol. The summed E-state index contributed by atoms with van der Waals surface area (Å²) in [5, 5.41) is 0. The zero-order valence-electron chi connectivity index (χ0n) is 9.71. The van der Waals surface area contributed by atoms with Crippen molar-refractivity contribution in [3.63, 3.8) is 0 Å². The molecule has 0 amide bonds. The Kier molecular flexibility index (Phi) is 7.90. The third kappa shape index (κ3) is 3.72. The van der Waals surface area contributed by atoms with Gasteiger partial charge in [-0.05, 0) is 0 Å². The van der Waals surface area contributed by atoms with Crippen LogP contribution in [-0.2, 0) is 21.8 Å². The molecule has 0 saturated heterocycles. The molecule has 0 N–H and O–H groups in total. The summed E-state index contributed by atoms with van der Waals surface area (Å²) in [6, 6.07) is 0. The third-order valence-corrected chi connectivity index (χ3v) is 10.9. The first-order valence-corrected chi connectivity index (χ1v) is 9.25. The fourth-order valence-corrected chi connectivity index (χ4v) is 9.92. The molecule has 0 radical (unpaired) electrons. The number of allylic oxidation sites excluding steroid dienone is 8. The number of hydrogen-bond donors (Lipinski definition) is 0. The fourth-order valence-electron chi connectivity index (χ4n) is 2.24. The molecular formula is C13H17Cl2Zr. The molecule has 0 unspecified atom stereocenters. The van der Waals surface area contributed by atoms with Crippen LogP contribution in [0.1, 0.15) is 26.7 Å². The minimum Gasteiger partial charge on any atom is -1.00 e. The van der Waals surface area contributed by atoms with Crippen LogP contribution in [0.25, 0.3) is 0 Å². The van der Waals surface area contributed by atoms with Crippen LogP contribution in [0.2, 0.25) is 3.63 Å². The number of rotatable bonds is 3. The van der Waals surface area contributed by atoms with Gasteiger partial charge < -0.3 is 24.8 Å². The van der Waals surface area contributed by atoms with Gasteiger partial charge in [-0.3, -0.25) is 0 Å². The Labute approximate surface area is 119 Å². The maximum atomic E-state index is 2.41. The van der Waals surface area contributed by atoms with Gasteiger partial charge in [-0.1, -0.05) is 0 Å². The fraction of sp³-hybridized carbons (Fsp3) is 0.385. The molecule has 2 rings (SSSR count). The summed E-state index contributed by atoms with van der Waals surface area (Å²) in [7, 11) is 0. The largest absolute Gasteiger partial charge is 1.00 e. The molecule has 87 valence electrons. The van der Waals surface area contributed by atoms with Crippen molar-refractivity contribution in [2.45, 2.75) is 30.3 Å². The van der Waals surface area contributed by atoms with Crippen molar-refractivity contribution in [3.05, 3.63) is 43.0 Å². The summed E-state index contributed by atoms with van der Waals surface area (Å²) < 4.78 is 4.49. The first kappa shape index (κ1) is 16.4. The van der Waals surface area contributed by atoms with E-state index >= 15 is 0 Å². The molecule has 0 nitrogen and oxygen atoms in total. The van der Waals surface area contributed by atoms with Crippen molar-refractivity contribution >= 4 is 0 Å². The summed E-state index contributed by atoms with van der Waals surface area (Å²) in [6.45, 7) is 4.82. The smallest absolute Gasteiger partial charge is 1.00 e. The molecule has 0 aromatic carbocycles. The molecule has 0 aromatic heterocycles. The standard InChI is InChI=1S/2C5H5.C3H7.2ClH.Zr/c2*1-2-4-5-3-1;1-3-2;;;/h2*1-3H,4H2;3H,1-2H3;2*1H;/q;;;;;+2/p-2. The second-order valence-corrected chi connectivity index (χ2v) is 12.2. The first-order chi connectivity index (χ1) is 6.79. The zero-order valence-corrected chi connectivity index (χ0v) is 13.7. The van der Waals surface area contributed by atoms with Gasteiger partial charge in [0.2, 0.25) is 0 Å². The van der Waals surface area contributed by atoms with E-state index in [-0.39, 0.29) is 24.8 Å². The van der Waals surface area contributed by atoms with Crippen LogP contribution in [0.15, 0.2) is 43.0 Å². The van der Waals surface area contributed by atoms with Crippen molar-refractivity contribution in [2.24, 2.45) is 0 Å². The van der Waals surface area contributed by atoms with E-state index in [0.29, 0.717) is 0 Å². The van der Waals surface area contributed by atoms with E-state index in [4.69, 9.17) is 0 Å². The van der Waals surface area contributed by atoms with Gasteiger partial charge in [0, 0.05) is 0 Å². The van der Waals surface area contributed by atoms with Gasteiger partial charge >= 0.3 is 95.1 Å². The Hall–Kier alpha value is 0.423. The van der Waals surface area contributed by atoms with Crippen molar-refractivity contribution < 1.29 is 46.6 Å². The summed E-state index contributed by atoms with van der Waals surface area (Å²) in [6.07, 6.45) is 16.3. The van der Waals surface area contributed by atoms with Gasteiger partial charge in [0.05, 0.1) is 0 Å². The maximum Gasteiger partial charge on any atom is -1.00 e. The van der Waals surface area contributed by atoms with E-state index in [9.17, 15) is 0 Å². The monoisotopic (exact) mass is 333 g/mol. The van der Waals surface area contributed by atoms with Crippen LogP contribution in [-0.4, -0.2) is 0 Å². The number of halogens is 2. The van der Waals surface area contributed by atoms with Crippen LogP contribution in [0, 0.1) is 0 Å². The quantitative estimate of drug-likeness (QED) is 0.567. The van der Waals surface area contributed by atoms with Crippen molar-refractivity contribution in [3.8, 4) is 0 Å². The van der Waals surface area contributed by atoms with Crippen LogP contribution in [0.5, 0.6) is 0 Å². The molecule has 0 aromatic rings. The molecule has 0 spiro atoms. The van der Waals surface area contributed by atoms with Crippen LogP contribution in [0.4, 0.5) is 0 Å². The minimum absolute atomic E-state index is 0. The summed E-state index contributed by atoms with van der Waals surface area (Å²) in [5.74, 6) is 0. The second-order valence-electron chi connectivity index (χ2n) is 4.22. The third-order valence-electron chi connectivity index (χ3n) is 2.81. The summed E-state index contributed by atoms with van der Waals surface area (Å²) in [5.41, 5.74) is 0. The van der Waals surface area contributed by atoms with Gasteiger partial charge in [-0.2, -0.15) is 0 Å². The summed E-state index contributed by atoms with van der Waals surface area (Å²) >= 11 is -1.43. The van der Waals surface area contributed by atoms with Gasteiger partial charge in [-0.15, -0.1) is 0 Å². The average molecular weight is 335 g/mol. The van der Waals surface area contributed by atoms with Gasteiger partial charge in [0.1, 0.15) is 0 Å². The predicted octanol–water partition coefficient (Wildman–Crippen LogP) is -1.87. The van der Waals surface area contributed by atoms with E-state index in [1.165, 1.54) is 12.8 Å². The Morgan fingerprint density at radius 1 is 0.938 bits per heavy atom. The second kappa shape index (κ2) is 7.69. The number of hydrogen-bond acceptors (Lipinski definition) is 0. The van der Waals surface area contributed by atoms with Gasteiger partial charge in [0.25, 0.3) is 0 Å². The van der Waals surface area contributed by atoms with E-state index < -0.39 is 21.8 Å². The van der Waals surface area contributed by atoms with E-state index in [2.05, 4.69) is 50.3 Å². The molecule has 0 aliphatic heterocycles. The molecule has 0 fully saturated rings. The van der Waals surface area contributed by atoms with Crippen LogP contribution in [0.3, 0.4) is 0 Å². The normalized spacial score (nSPS) is 16.7. The molecule has 0 atom stereocenters. The average Bonchev–Trinajstić information content (AvgIpc) is 2.75. The Bertz CT molecular complexity index is 308. The van der Waals surface area contributed by atoms with Crippen molar-refractivity contribution in [2.75, 3.05) is 0 Å². The van der Waals surface area contributed by atoms with Crippen molar-refractivity contribution in [1.82, 2.24) is 0 Å². The topological polar surface area (TPSA) is 0 Å². The molecule has 0 saturated carbocycles.